The molecule has 2 unspecified atom stereocenters. The van der Waals surface area contributed by atoms with Crippen LogP contribution in [0.4, 0.5) is 5.69 Å². The summed E-state index contributed by atoms with van der Waals surface area (Å²) in [5.41, 5.74) is 0.634. The van der Waals surface area contributed by atoms with Gasteiger partial charge in [0.2, 0.25) is 0 Å². The largest absolute Gasteiger partial charge is 0.487 e. The van der Waals surface area contributed by atoms with Gasteiger partial charge in [-0.3, -0.25) is 19.7 Å². The molecule has 0 amide bonds. The lowest BCUT2D eigenvalue weighted by molar-refractivity contribution is -0.385. The molecule has 0 heterocycles. The quantitative estimate of drug-likeness (QED) is 0.0204. The van der Waals surface area contributed by atoms with Crippen LogP contribution in [0.25, 0.3) is 0 Å². The molecule has 2 atom stereocenters. The molecule has 0 saturated carbocycles. The van der Waals surface area contributed by atoms with Gasteiger partial charge in [-0.25, -0.2) is 9.59 Å². The summed E-state index contributed by atoms with van der Waals surface area (Å²) in [6.07, 6.45) is 37.4. The molecule has 0 saturated heterocycles. The topological polar surface area (TPSA) is 158 Å². The summed E-state index contributed by atoms with van der Waals surface area (Å²) in [5.74, 6) is 1.97. The fourth-order valence-corrected chi connectivity index (χ4v) is 9.10. The minimum absolute atomic E-state index is 0.0444. The molecule has 0 fully saturated rings. The fourth-order valence-electron chi connectivity index (χ4n) is 9.10. The molecule has 0 radical (unpaired) electrons. The highest BCUT2D eigenvalue weighted by molar-refractivity contribution is 6.03. The smallest absolute Gasteiger partial charge is 0.339 e. The third-order valence-electron chi connectivity index (χ3n) is 14.6. The number of carbonyl (C=O) groups excluding carboxylic acids is 4. The van der Waals surface area contributed by atoms with Gasteiger partial charge in [-0.15, -0.1) is 0 Å². The number of carbonyl (C=O) groups is 4. The first-order chi connectivity index (χ1) is 38.7. The van der Waals surface area contributed by atoms with E-state index >= 15 is 0 Å². The van der Waals surface area contributed by atoms with E-state index in [1.54, 1.807) is 42.5 Å². The van der Waals surface area contributed by atoms with Crippen molar-refractivity contribution in [2.45, 2.75) is 281 Å². The molecule has 0 aliphatic rings. The molecule has 2 rings (SSSR count). The van der Waals surface area contributed by atoms with Crippen molar-refractivity contribution < 1.29 is 47.8 Å². The minimum atomic E-state index is -0.442. The number of benzene rings is 2. The number of unbranched alkanes of at least 4 members (excludes halogenated alkanes) is 20. The Balaban J connectivity index is 0.00000121. The van der Waals surface area contributed by atoms with E-state index < -0.39 is 16.9 Å². The molecule has 0 spiro atoms. The second-order valence-corrected chi connectivity index (χ2v) is 22.9. The third-order valence-corrected chi connectivity index (χ3v) is 14.6. The number of nitro benzene ring substituents is 1. The Morgan fingerprint density at radius 3 is 1.19 bits per heavy atom. The van der Waals surface area contributed by atoms with Gasteiger partial charge in [-0.05, 0) is 86.8 Å². The molecule has 2 aromatic carbocycles. The zero-order chi connectivity index (χ0) is 59.3. The molecule has 0 aliphatic carbocycles. The van der Waals surface area contributed by atoms with E-state index in [0.29, 0.717) is 74.6 Å². The molecule has 2 aromatic rings. The first kappa shape index (κ1) is 75.5. The van der Waals surface area contributed by atoms with Gasteiger partial charge in [-0.1, -0.05) is 247 Å². The highest BCUT2D eigenvalue weighted by atomic mass is 16.6. The first-order valence-electron chi connectivity index (χ1n) is 32.3. The number of esters is 4. The molecule has 0 aliphatic heterocycles. The van der Waals surface area contributed by atoms with E-state index in [-0.39, 0.29) is 17.6 Å². The van der Waals surface area contributed by atoms with Crippen LogP contribution in [0.1, 0.15) is 301 Å². The van der Waals surface area contributed by atoms with Gasteiger partial charge in [0.1, 0.15) is 0 Å². The lowest BCUT2D eigenvalue weighted by atomic mass is 10.0. The van der Waals surface area contributed by atoms with Gasteiger partial charge in [0.15, 0.2) is 5.75 Å². The summed E-state index contributed by atoms with van der Waals surface area (Å²) < 4.78 is 27.2. The molecular formula is C68H117NO11. The number of ether oxygens (including phenoxy) is 5. The summed E-state index contributed by atoms with van der Waals surface area (Å²) in [5, 5.41) is 10.8. The Morgan fingerprint density at radius 1 is 0.425 bits per heavy atom. The average Bonchev–Trinajstić information content (AvgIpc) is 3.45. The van der Waals surface area contributed by atoms with E-state index in [0.717, 1.165) is 115 Å². The van der Waals surface area contributed by atoms with Crippen molar-refractivity contribution >= 4 is 29.6 Å². The van der Waals surface area contributed by atoms with Crippen LogP contribution < -0.4 is 4.74 Å². The number of hydrogen-bond donors (Lipinski definition) is 0. The number of hydrogen-bond acceptors (Lipinski definition) is 11. The minimum Gasteiger partial charge on any atom is -0.487 e. The van der Waals surface area contributed by atoms with Gasteiger partial charge in [0, 0.05) is 18.9 Å². The second kappa shape index (κ2) is 53.8. The molecule has 0 N–H and O–H groups in total. The van der Waals surface area contributed by atoms with Gasteiger partial charge in [-0.2, -0.15) is 0 Å². The Hall–Kier alpha value is -4.48. The summed E-state index contributed by atoms with van der Waals surface area (Å²) >= 11 is 0. The zero-order valence-corrected chi connectivity index (χ0v) is 52.4. The highest BCUT2D eigenvalue weighted by Crippen LogP contribution is 2.26. The van der Waals surface area contributed by atoms with Crippen LogP contribution in [0.15, 0.2) is 48.5 Å². The van der Waals surface area contributed by atoms with Crippen LogP contribution in [0.2, 0.25) is 0 Å². The Bertz CT molecular complexity index is 1720. The maximum Gasteiger partial charge on any atom is 0.339 e. The van der Waals surface area contributed by atoms with Crippen molar-refractivity contribution in [2.75, 3.05) is 33.0 Å². The maximum atomic E-state index is 12.5. The van der Waals surface area contributed by atoms with Crippen LogP contribution >= 0.6 is 0 Å². The second-order valence-electron chi connectivity index (χ2n) is 22.9. The summed E-state index contributed by atoms with van der Waals surface area (Å²) in [6.45, 7) is 22.4. The molecular weight excluding hydrogens is 1010 g/mol. The van der Waals surface area contributed by atoms with Gasteiger partial charge in [0.05, 0.1) is 49.1 Å². The van der Waals surface area contributed by atoms with Crippen LogP contribution in [0.5, 0.6) is 5.75 Å². The number of rotatable bonds is 48. The Labute approximate surface area is 488 Å². The SMILES string of the molecule is CC(C)CCCCCCCOC(=O)c1ccccc1C(=O)OCCCCCCCC(C)C.CCCCC(CC)COC(=O)CCCCCCCCC(=O)OCC(CC)CCCC.CCCCCCCCOc1ccccc1[N+](=O)[O-]. The fraction of sp³-hybridized carbons (Fsp3) is 0.765. The number of nitrogens with zero attached hydrogens (tertiary/aromatic N) is 1. The standard InChI is InChI=1S/C28H46O4.C26H50O4.C14H21NO3/c1-23(2)17-11-7-5-9-15-21-31-27(29)25-19-13-14-20-26(25)28(30)32-22-16-10-6-8-12-18-24(3)4;1-5-9-17-23(7-3)21-29-25(27)19-15-13-11-12-14-16-20-26(28)30-22-24(8-4)18-10-6-2;1-2-3-4-5-6-9-12-18-14-11-8-7-10-13(14)15(16)17/h13-14,19-20,23-24H,5-12,15-18,21-22H2,1-4H3;23-24H,5-22H2,1-4H3;7-8,10-11H,2-6,9,12H2,1H3. The lowest BCUT2D eigenvalue weighted by Crippen LogP contribution is -2.15. The van der Waals surface area contributed by atoms with Gasteiger partial charge >= 0.3 is 29.6 Å². The molecule has 80 heavy (non-hydrogen) atoms. The van der Waals surface area contributed by atoms with E-state index in [9.17, 15) is 29.3 Å². The van der Waals surface area contributed by atoms with Crippen LogP contribution in [0.3, 0.4) is 0 Å². The normalized spacial score (nSPS) is 11.7. The molecule has 12 heteroatoms. The molecule has 0 bridgehead atoms. The highest BCUT2D eigenvalue weighted by Gasteiger charge is 2.19. The van der Waals surface area contributed by atoms with E-state index in [1.807, 2.05) is 0 Å². The van der Waals surface area contributed by atoms with Gasteiger partial charge in [0.25, 0.3) is 0 Å². The van der Waals surface area contributed by atoms with E-state index in [2.05, 4.69) is 62.3 Å². The van der Waals surface area contributed by atoms with E-state index in [4.69, 9.17) is 23.7 Å². The van der Waals surface area contributed by atoms with Crippen LogP contribution in [-0.2, 0) is 28.5 Å². The van der Waals surface area contributed by atoms with Crippen LogP contribution in [0, 0.1) is 33.8 Å². The third kappa shape index (κ3) is 44.2. The predicted molar refractivity (Wildman–Crippen MR) is 330 cm³/mol. The van der Waals surface area contributed by atoms with E-state index in [1.165, 1.54) is 109 Å². The monoisotopic (exact) mass is 1120 g/mol. The predicted octanol–water partition coefficient (Wildman–Crippen LogP) is 20.0. The van der Waals surface area contributed by atoms with Gasteiger partial charge < -0.3 is 23.7 Å². The van der Waals surface area contributed by atoms with Crippen molar-refractivity contribution in [1.29, 1.82) is 0 Å². The molecule has 12 nitrogen and oxygen atoms in total. The van der Waals surface area contributed by atoms with Crippen LogP contribution in [-0.4, -0.2) is 61.8 Å². The molecule has 460 valence electrons. The van der Waals surface area contributed by atoms with Crippen molar-refractivity contribution in [3.63, 3.8) is 0 Å². The zero-order valence-electron chi connectivity index (χ0n) is 52.4. The van der Waals surface area contributed by atoms with Crippen molar-refractivity contribution in [1.82, 2.24) is 0 Å². The summed E-state index contributed by atoms with van der Waals surface area (Å²) in [7, 11) is 0. The first-order valence-corrected chi connectivity index (χ1v) is 32.3. The summed E-state index contributed by atoms with van der Waals surface area (Å²) in [6, 6.07) is 13.3. The van der Waals surface area contributed by atoms with Crippen molar-refractivity contribution in [2.24, 2.45) is 23.7 Å². The number of nitro groups is 1. The Morgan fingerprint density at radius 2 is 0.787 bits per heavy atom. The Kier molecular flexibility index (Phi) is 50.8. The van der Waals surface area contributed by atoms with Crippen molar-refractivity contribution in [3.05, 3.63) is 69.8 Å². The average molecular weight is 1120 g/mol. The number of para-hydroxylation sites is 2. The van der Waals surface area contributed by atoms with Crippen molar-refractivity contribution in [3.8, 4) is 5.75 Å². The summed E-state index contributed by atoms with van der Waals surface area (Å²) in [4.78, 5) is 59.0. The lowest BCUT2D eigenvalue weighted by Gasteiger charge is -2.14. The maximum absolute atomic E-state index is 12.5. The molecule has 0 aromatic heterocycles.